The van der Waals surface area contributed by atoms with E-state index in [1.165, 1.54) is 6.20 Å². The van der Waals surface area contributed by atoms with E-state index in [9.17, 15) is 5.11 Å². The molecule has 16 heavy (non-hydrogen) atoms. The molecule has 0 fully saturated rings. The molecule has 0 aliphatic rings. The van der Waals surface area contributed by atoms with Gasteiger partial charge in [0.25, 0.3) is 5.35 Å². The summed E-state index contributed by atoms with van der Waals surface area (Å²) in [6, 6.07) is 9.24. The highest BCUT2D eigenvalue weighted by molar-refractivity contribution is 5.81. The number of nitrogens with one attached hydrogen (secondary N) is 1. The highest BCUT2D eigenvalue weighted by Gasteiger charge is 2.04. The third kappa shape index (κ3) is 1.69. The smallest absolute Gasteiger partial charge is 0.266 e. The zero-order chi connectivity index (χ0) is 11.5. The normalized spacial score (nSPS) is 12.6. The average molecular weight is 216 g/mol. The predicted octanol–water partition coefficient (Wildman–Crippen LogP) is 0.200. The Morgan fingerprint density at radius 2 is 2.12 bits per heavy atom. The molecular formula is C12H12N2O2. The molecule has 1 N–H and O–H groups in total. The lowest BCUT2D eigenvalue weighted by atomic mass is 10.1. The molecule has 4 nitrogen and oxygen atoms in total. The van der Waals surface area contributed by atoms with Crippen LogP contribution in [0.5, 0.6) is 0 Å². The average Bonchev–Trinajstić information content (AvgIpc) is 2.29. The fourth-order valence-electron chi connectivity index (χ4n) is 1.62. The van der Waals surface area contributed by atoms with Crippen LogP contribution < -0.4 is 14.8 Å². The maximum absolute atomic E-state index is 11.7. The maximum Gasteiger partial charge on any atom is 0.266 e. The van der Waals surface area contributed by atoms with Crippen LogP contribution >= 0.6 is 0 Å². The monoisotopic (exact) mass is 216 g/mol. The van der Waals surface area contributed by atoms with Crippen molar-refractivity contribution in [3.63, 3.8) is 0 Å². The summed E-state index contributed by atoms with van der Waals surface area (Å²) >= 11 is 0. The fourth-order valence-corrected chi connectivity index (χ4v) is 1.62. The summed E-state index contributed by atoms with van der Waals surface area (Å²) in [5.41, 5.74) is 7.68. The Morgan fingerprint density at radius 3 is 2.88 bits per heavy atom. The number of hydrogen-bond donors (Lipinski definition) is 1. The van der Waals surface area contributed by atoms with Gasteiger partial charge in [0.1, 0.15) is 5.95 Å². The van der Waals surface area contributed by atoms with E-state index in [2.05, 4.69) is 0 Å². The van der Waals surface area contributed by atoms with E-state index >= 15 is 0 Å². The minimum Gasteiger partial charge on any atom is -0.609 e. The number of fused-ring (bicyclic) bond motifs is 1. The van der Waals surface area contributed by atoms with Crippen molar-refractivity contribution < 1.29 is 14.2 Å². The Labute approximate surface area is 92.5 Å². The summed E-state index contributed by atoms with van der Waals surface area (Å²) in [4.78, 5) is 0. The van der Waals surface area contributed by atoms with Crippen LogP contribution in [0.1, 0.15) is 6.92 Å². The van der Waals surface area contributed by atoms with Crippen LogP contribution in [0.15, 0.2) is 36.5 Å². The molecule has 1 aromatic heterocycles. The molecule has 0 atom stereocenters. The van der Waals surface area contributed by atoms with Gasteiger partial charge in [0.15, 0.2) is 0 Å². The molecule has 2 rings (SSSR count). The molecule has 0 spiro atoms. The summed E-state index contributed by atoms with van der Waals surface area (Å²) in [6.45, 7) is 2.05. The number of nitrogens with zero attached hydrogens (tertiary/aromatic N) is 1. The molecule has 82 valence electrons. The fraction of sp³-hybridized carbons (Fsp3) is 0.167. The number of benzene rings is 1. The molecule has 0 saturated carbocycles. The van der Waals surface area contributed by atoms with Gasteiger partial charge in [-0.15, -0.1) is 0 Å². The van der Waals surface area contributed by atoms with Gasteiger partial charge in [-0.3, -0.25) is 0 Å². The van der Waals surface area contributed by atoms with Crippen LogP contribution in [0.4, 0.5) is 0 Å². The van der Waals surface area contributed by atoms with Gasteiger partial charge in [0.2, 0.25) is 6.20 Å². The Kier molecular flexibility index (Phi) is 2.72. The first-order valence-corrected chi connectivity index (χ1v) is 5.06. The minimum absolute atomic E-state index is 0.264. The van der Waals surface area contributed by atoms with Gasteiger partial charge < -0.3 is 9.84 Å². The SMILES string of the molecule is CCO/C([O-])=c1/c2ccccc2cc[n+]1=N. The predicted molar refractivity (Wildman–Crippen MR) is 56.9 cm³/mol. The van der Waals surface area contributed by atoms with E-state index in [1.807, 2.05) is 24.3 Å². The summed E-state index contributed by atoms with van der Waals surface area (Å²) in [7, 11) is 0. The number of aromatic nitrogens is 1. The van der Waals surface area contributed by atoms with Gasteiger partial charge in [-0.05, 0) is 23.6 Å². The molecule has 0 aliphatic carbocycles. The molecule has 0 amide bonds. The lowest BCUT2D eigenvalue weighted by Gasteiger charge is -2.09. The zero-order valence-electron chi connectivity index (χ0n) is 8.93. The van der Waals surface area contributed by atoms with Gasteiger partial charge in [-0.1, -0.05) is 29.5 Å². The Morgan fingerprint density at radius 1 is 1.38 bits per heavy atom. The van der Waals surface area contributed by atoms with Crippen LogP contribution in [-0.4, -0.2) is 6.61 Å². The summed E-state index contributed by atoms with van der Waals surface area (Å²) in [5.74, 6) is -0.464. The standard InChI is InChI=1S/C12H12N2O2/c1-2-16-12(15)11-10-6-4-3-5-9(10)7-8-14(11)13/h3-8H,2H2,1H3,(H-,13,15). The van der Waals surface area contributed by atoms with Crippen LogP contribution in [0.25, 0.3) is 16.7 Å². The molecule has 0 bridgehead atoms. The van der Waals surface area contributed by atoms with E-state index in [1.54, 1.807) is 13.0 Å². The molecular weight excluding hydrogens is 204 g/mol. The molecule has 1 aromatic carbocycles. The Balaban J connectivity index is 2.91. The molecule has 4 heteroatoms. The maximum atomic E-state index is 11.7. The van der Waals surface area contributed by atoms with E-state index < -0.39 is 5.95 Å². The van der Waals surface area contributed by atoms with Crippen molar-refractivity contribution in [2.75, 3.05) is 6.61 Å². The van der Waals surface area contributed by atoms with Crippen LogP contribution in [0, 0.1) is 5.53 Å². The highest BCUT2D eigenvalue weighted by Crippen LogP contribution is 2.06. The van der Waals surface area contributed by atoms with Crippen molar-refractivity contribution in [2.45, 2.75) is 6.92 Å². The lowest BCUT2D eigenvalue weighted by Crippen LogP contribution is -2.40. The van der Waals surface area contributed by atoms with E-state index in [4.69, 9.17) is 10.3 Å². The number of hydrogen-bond acceptors (Lipinski definition) is 3. The van der Waals surface area contributed by atoms with Crippen molar-refractivity contribution in [3.05, 3.63) is 41.9 Å². The zero-order valence-corrected chi connectivity index (χ0v) is 8.93. The van der Waals surface area contributed by atoms with Gasteiger partial charge in [0.05, 0.1) is 5.39 Å². The number of rotatable bonds is 2. The third-order valence-corrected chi connectivity index (χ3v) is 2.33. The van der Waals surface area contributed by atoms with Crippen molar-refractivity contribution in [3.8, 4) is 0 Å². The summed E-state index contributed by atoms with van der Waals surface area (Å²) < 4.78 is 5.98. The lowest BCUT2D eigenvalue weighted by molar-refractivity contribution is -0.588. The molecule has 0 saturated heterocycles. The first kappa shape index (κ1) is 10.4. The van der Waals surface area contributed by atoms with Gasteiger partial charge in [-0.2, -0.15) is 0 Å². The second kappa shape index (κ2) is 4.18. The number of ether oxygens (including phenoxy) is 1. The van der Waals surface area contributed by atoms with Crippen LogP contribution in [0.3, 0.4) is 0 Å². The van der Waals surface area contributed by atoms with E-state index in [-0.39, 0.29) is 5.35 Å². The summed E-state index contributed by atoms with van der Waals surface area (Å²) in [6.07, 6.45) is 1.54. The molecule has 2 aromatic rings. The van der Waals surface area contributed by atoms with E-state index in [0.717, 1.165) is 15.1 Å². The second-order valence-electron chi connectivity index (χ2n) is 3.34. The van der Waals surface area contributed by atoms with Gasteiger partial charge in [0, 0.05) is 6.07 Å². The van der Waals surface area contributed by atoms with Crippen molar-refractivity contribution in [1.29, 1.82) is 5.53 Å². The third-order valence-electron chi connectivity index (χ3n) is 2.33. The number of pyridine rings is 1. The Hall–Kier alpha value is -2.10. The largest absolute Gasteiger partial charge is 0.609 e. The van der Waals surface area contributed by atoms with Crippen molar-refractivity contribution in [2.24, 2.45) is 0 Å². The molecule has 0 aliphatic heterocycles. The second-order valence-corrected chi connectivity index (χ2v) is 3.34. The molecule has 0 unspecified atom stereocenters. The Bertz CT molecular complexity index is 622. The molecule has 0 radical (unpaired) electrons. The van der Waals surface area contributed by atoms with Gasteiger partial charge in [-0.25, -0.2) is 0 Å². The summed E-state index contributed by atoms with van der Waals surface area (Å²) in [5, 5.41) is 13.6. The highest BCUT2D eigenvalue weighted by atomic mass is 16.6. The van der Waals surface area contributed by atoms with Crippen LogP contribution in [-0.2, 0) is 4.74 Å². The molecule has 1 heterocycles. The minimum atomic E-state index is -0.464. The van der Waals surface area contributed by atoms with Crippen molar-refractivity contribution >= 4 is 16.7 Å². The van der Waals surface area contributed by atoms with Crippen LogP contribution in [0.2, 0.25) is 0 Å². The quantitative estimate of drug-likeness (QED) is 0.729. The first-order valence-electron chi connectivity index (χ1n) is 5.06. The van der Waals surface area contributed by atoms with E-state index in [0.29, 0.717) is 6.61 Å². The first-order chi connectivity index (χ1) is 7.74. The van der Waals surface area contributed by atoms with Gasteiger partial charge >= 0.3 is 0 Å². The van der Waals surface area contributed by atoms with Crippen molar-refractivity contribution in [1.82, 2.24) is 0 Å². The topological polar surface area (TPSA) is 62.0 Å².